The minimum Gasteiger partial charge on any atom is -0.326 e. The Kier molecular flexibility index (Phi) is 9.43. The quantitative estimate of drug-likeness (QED) is 0.363. The molecule has 0 atom stereocenters. The highest BCUT2D eigenvalue weighted by Gasteiger charge is 2.52. The third-order valence-electron chi connectivity index (χ3n) is 7.40. The van der Waals surface area contributed by atoms with Gasteiger partial charge in [0.1, 0.15) is 11.8 Å². The number of rotatable bonds is 8. The summed E-state index contributed by atoms with van der Waals surface area (Å²) in [5.41, 5.74) is 3.88. The number of nitriles is 1. The highest BCUT2D eigenvalue weighted by molar-refractivity contribution is 7.94. The van der Waals surface area contributed by atoms with Gasteiger partial charge in [-0.05, 0) is 101 Å². The summed E-state index contributed by atoms with van der Waals surface area (Å²) in [5, 5.41) is 12.0. The molecule has 0 unspecified atom stereocenters. The fourth-order valence-corrected chi connectivity index (χ4v) is 7.49. The Bertz CT molecular complexity index is 1290. The van der Waals surface area contributed by atoms with Crippen molar-refractivity contribution in [2.24, 2.45) is 11.3 Å². The van der Waals surface area contributed by atoms with Crippen LogP contribution in [0, 0.1) is 22.7 Å². The van der Waals surface area contributed by atoms with Gasteiger partial charge >= 0.3 is 0 Å². The number of sulfone groups is 1. The van der Waals surface area contributed by atoms with E-state index in [0.717, 1.165) is 29.6 Å². The zero-order valence-corrected chi connectivity index (χ0v) is 25.3. The third-order valence-corrected chi connectivity index (χ3v) is 10.6. The number of nitrogens with one attached hydrogen (secondary N) is 2. The van der Waals surface area contributed by atoms with E-state index < -0.39 is 25.2 Å². The maximum atomic E-state index is 13.2. The lowest BCUT2D eigenvalue weighted by Gasteiger charge is -2.45. The molecule has 0 bridgehead atoms. The van der Waals surface area contributed by atoms with Crippen LogP contribution < -0.4 is 5.32 Å². The Morgan fingerprint density at radius 2 is 1.84 bits per heavy atom. The smallest absolute Gasteiger partial charge is 0.291 e. The summed E-state index contributed by atoms with van der Waals surface area (Å²) in [4.78, 5) is 19.7. The first-order valence-corrected chi connectivity index (χ1v) is 14.6. The molecule has 2 N–H and O–H groups in total. The third kappa shape index (κ3) is 6.93. The molecular formula is C30H44N4O3S. The molecule has 0 saturated carbocycles. The van der Waals surface area contributed by atoms with Gasteiger partial charge in [0.05, 0.1) is 15.7 Å². The van der Waals surface area contributed by atoms with Crippen LogP contribution in [-0.2, 0) is 9.84 Å². The van der Waals surface area contributed by atoms with E-state index in [-0.39, 0.29) is 22.9 Å². The van der Waals surface area contributed by atoms with Crippen LogP contribution in [-0.4, -0.2) is 33.8 Å². The second kappa shape index (κ2) is 11.4. The summed E-state index contributed by atoms with van der Waals surface area (Å²) in [6.07, 6.45) is 9.99. The first kappa shape index (κ1) is 31.3. The van der Waals surface area contributed by atoms with Gasteiger partial charge in [0.25, 0.3) is 5.91 Å². The molecule has 1 aromatic heterocycles. The summed E-state index contributed by atoms with van der Waals surface area (Å²) in [7, 11) is -3.33. The van der Waals surface area contributed by atoms with E-state index in [1.165, 1.54) is 6.20 Å². The summed E-state index contributed by atoms with van der Waals surface area (Å²) in [6, 6.07) is 1.94. The van der Waals surface area contributed by atoms with Gasteiger partial charge in [-0.15, -0.1) is 0 Å². The van der Waals surface area contributed by atoms with Crippen molar-refractivity contribution in [3.8, 4) is 6.07 Å². The lowest BCUT2D eigenvalue weighted by molar-refractivity contribution is 0.0956. The van der Waals surface area contributed by atoms with Crippen molar-refractivity contribution >= 4 is 15.7 Å². The van der Waals surface area contributed by atoms with E-state index in [9.17, 15) is 13.2 Å². The highest BCUT2D eigenvalue weighted by atomic mass is 32.2. The number of nitrogens with zero attached hydrogens (tertiary/aromatic N) is 2. The average Bonchev–Trinajstić information content (AvgIpc) is 3.28. The monoisotopic (exact) mass is 540 g/mol. The molecule has 1 saturated heterocycles. The largest absolute Gasteiger partial charge is 0.326 e. The van der Waals surface area contributed by atoms with Crippen LogP contribution in [0.3, 0.4) is 0 Å². The number of carbonyl (C=O) groups is 1. The Labute approximate surface area is 229 Å². The maximum Gasteiger partial charge on any atom is 0.291 e. The molecule has 0 radical (unpaired) electrons. The van der Waals surface area contributed by atoms with Crippen LogP contribution in [0.15, 0.2) is 53.4 Å². The molecule has 208 valence electrons. The van der Waals surface area contributed by atoms with Crippen molar-refractivity contribution in [3.05, 3.63) is 64.9 Å². The predicted octanol–water partition coefficient (Wildman–Crippen LogP) is 6.55. The van der Waals surface area contributed by atoms with Gasteiger partial charge in [-0.1, -0.05) is 39.5 Å². The zero-order valence-electron chi connectivity index (χ0n) is 24.4. The topological polar surface area (TPSA) is 116 Å². The van der Waals surface area contributed by atoms with E-state index in [1.54, 1.807) is 27.7 Å². The molecule has 0 spiro atoms. The standard InChI is InChI=1S/C30H44N4O3S/c1-11-21(13-14-28(4,5)6)25(20(3)33-27(35)26-32-19-24(18-31)34-26)15-22(12-2)23-16-29(7,8)38(36,37)30(9,10)17-23/h11-12,15,19,23H,2,13-14,16-17H2,1,3-10H3,(H,32,34)(H,33,35)/b21-11+,22-15+,25-20-. The second-order valence-electron chi connectivity index (χ2n) is 12.6. The number of carbonyl (C=O) groups excluding carboxylic acids is 1. The van der Waals surface area contributed by atoms with Gasteiger partial charge in [0.2, 0.25) is 0 Å². The number of imidazole rings is 1. The van der Waals surface area contributed by atoms with E-state index in [1.807, 2.05) is 26.0 Å². The second-order valence-corrected chi connectivity index (χ2v) is 15.8. The number of hydrogen-bond acceptors (Lipinski definition) is 5. The van der Waals surface area contributed by atoms with E-state index in [0.29, 0.717) is 18.5 Å². The van der Waals surface area contributed by atoms with Crippen LogP contribution in [0.1, 0.15) is 104 Å². The van der Waals surface area contributed by atoms with Gasteiger partial charge in [0, 0.05) is 5.70 Å². The van der Waals surface area contributed by atoms with Crippen LogP contribution in [0.2, 0.25) is 0 Å². The number of hydrogen-bond donors (Lipinski definition) is 2. The molecular weight excluding hydrogens is 496 g/mol. The summed E-state index contributed by atoms with van der Waals surface area (Å²) < 4.78 is 24.7. The Morgan fingerprint density at radius 3 is 2.29 bits per heavy atom. The fourth-order valence-electron chi connectivity index (χ4n) is 5.15. The average molecular weight is 541 g/mol. The predicted molar refractivity (Wildman–Crippen MR) is 154 cm³/mol. The normalized spacial score (nSPS) is 20.3. The molecule has 1 aliphatic heterocycles. The van der Waals surface area contributed by atoms with Gasteiger partial charge in [-0.2, -0.15) is 5.26 Å². The lowest BCUT2D eigenvalue weighted by atomic mass is 9.80. The first-order valence-electron chi connectivity index (χ1n) is 13.1. The van der Waals surface area contributed by atoms with Crippen molar-refractivity contribution in [1.29, 1.82) is 5.26 Å². The lowest BCUT2D eigenvalue weighted by Crippen LogP contribution is -2.52. The van der Waals surface area contributed by atoms with E-state index in [4.69, 9.17) is 5.26 Å². The Balaban J connectivity index is 2.59. The first-order chi connectivity index (χ1) is 17.4. The molecule has 1 amide bonds. The number of amides is 1. The van der Waals surface area contributed by atoms with Crippen LogP contribution in [0.25, 0.3) is 0 Å². The van der Waals surface area contributed by atoms with Crippen molar-refractivity contribution in [2.75, 3.05) is 0 Å². The highest BCUT2D eigenvalue weighted by Crippen LogP contribution is 2.47. The van der Waals surface area contributed by atoms with Crippen LogP contribution in [0.4, 0.5) is 0 Å². The Hall–Kier alpha value is -2.92. The SMILES string of the molecule is C=C\C(=C/C(=C(\C)NC(=O)c1ncc(C#N)[nH]1)C(=C/C)/CCC(C)(C)C)C1CC(C)(C)S(=O)(=O)C(C)(C)C1. The minimum absolute atomic E-state index is 0.0106. The molecule has 2 heterocycles. The Morgan fingerprint density at radius 1 is 1.26 bits per heavy atom. The molecule has 1 fully saturated rings. The van der Waals surface area contributed by atoms with Crippen molar-refractivity contribution in [2.45, 2.75) is 97.5 Å². The number of H-pyrrole nitrogens is 1. The van der Waals surface area contributed by atoms with Crippen LogP contribution >= 0.6 is 0 Å². The summed E-state index contributed by atoms with van der Waals surface area (Å²) >= 11 is 0. The van der Waals surface area contributed by atoms with E-state index in [2.05, 4.69) is 54.8 Å². The summed E-state index contributed by atoms with van der Waals surface area (Å²) in [5.74, 6) is -0.387. The van der Waals surface area contributed by atoms with Gasteiger partial charge in [-0.3, -0.25) is 4.79 Å². The number of aromatic amines is 1. The van der Waals surface area contributed by atoms with Gasteiger partial charge < -0.3 is 10.3 Å². The molecule has 0 aliphatic carbocycles. The van der Waals surface area contributed by atoms with Crippen molar-refractivity contribution in [1.82, 2.24) is 15.3 Å². The molecule has 2 rings (SSSR count). The molecule has 8 heteroatoms. The molecule has 38 heavy (non-hydrogen) atoms. The minimum atomic E-state index is -3.33. The zero-order chi connectivity index (χ0) is 29.1. The van der Waals surface area contributed by atoms with Gasteiger partial charge in [0.15, 0.2) is 15.7 Å². The molecule has 0 aromatic carbocycles. The molecule has 1 aromatic rings. The van der Waals surface area contributed by atoms with Crippen LogP contribution in [0.5, 0.6) is 0 Å². The van der Waals surface area contributed by atoms with E-state index >= 15 is 0 Å². The summed E-state index contributed by atoms with van der Waals surface area (Å²) in [6.45, 7) is 21.7. The van der Waals surface area contributed by atoms with Crippen molar-refractivity contribution in [3.63, 3.8) is 0 Å². The molecule has 1 aliphatic rings. The molecule has 7 nitrogen and oxygen atoms in total. The number of allylic oxidation sites excluding steroid dienone is 7. The fraction of sp³-hybridized carbons (Fsp3) is 0.567. The maximum absolute atomic E-state index is 13.2. The van der Waals surface area contributed by atoms with Gasteiger partial charge in [-0.25, -0.2) is 13.4 Å². The number of aromatic nitrogens is 2. The van der Waals surface area contributed by atoms with Crippen molar-refractivity contribution < 1.29 is 13.2 Å².